The fourth-order valence-electron chi connectivity index (χ4n) is 4.26. The lowest BCUT2D eigenvalue weighted by Gasteiger charge is -2.46. The lowest BCUT2D eigenvalue weighted by Crippen LogP contribution is -2.61. The number of amides is 1. The summed E-state index contributed by atoms with van der Waals surface area (Å²) in [5, 5.41) is 9.93. The number of benzene rings is 2. The van der Waals surface area contributed by atoms with Gasteiger partial charge >= 0.3 is 0 Å². The number of aliphatic hydroxyl groups excluding tert-OH is 1. The molecule has 2 aromatic rings. The molecule has 0 saturated carbocycles. The maximum atomic E-state index is 12.7. The average Bonchev–Trinajstić information content (AvgIpc) is 2.73. The second-order valence-electron chi connectivity index (χ2n) is 8.08. The van der Waals surface area contributed by atoms with Gasteiger partial charge in [0.2, 0.25) is 0 Å². The number of piperidine rings is 1. The molecule has 4 nitrogen and oxygen atoms in total. The molecule has 0 unspecified atom stereocenters. The number of rotatable bonds is 5. The number of likely N-dealkylation sites (tertiary alicyclic amines) is 2. The van der Waals surface area contributed by atoms with Gasteiger partial charge in [-0.3, -0.25) is 9.69 Å². The van der Waals surface area contributed by atoms with Crippen LogP contribution in [-0.2, 0) is 0 Å². The van der Waals surface area contributed by atoms with E-state index in [0.717, 1.165) is 35.3 Å². The van der Waals surface area contributed by atoms with Gasteiger partial charge in [-0.1, -0.05) is 49.7 Å². The molecule has 0 radical (unpaired) electrons. The van der Waals surface area contributed by atoms with E-state index in [0.29, 0.717) is 12.5 Å². The Kier molecular flexibility index (Phi) is 5.79. The van der Waals surface area contributed by atoms with E-state index in [9.17, 15) is 9.90 Å². The zero-order valence-electron chi connectivity index (χ0n) is 16.7. The molecule has 0 bridgehead atoms. The molecule has 2 fully saturated rings. The smallest absolute Gasteiger partial charge is 0.253 e. The van der Waals surface area contributed by atoms with Gasteiger partial charge in [0, 0.05) is 24.7 Å². The third kappa shape index (κ3) is 3.98. The summed E-state index contributed by atoms with van der Waals surface area (Å²) in [5.41, 5.74) is 3.89. The molecular formula is C24H30N2O2. The zero-order valence-corrected chi connectivity index (χ0v) is 16.7. The minimum atomic E-state index is -0.403. The Balaban J connectivity index is 1.36. The summed E-state index contributed by atoms with van der Waals surface area (Å²) >= 11 is 0. The summed E-state index contributed by atoms with van der Waals surface area (Å²) in [6.07, 6.45) is 4.25. The lowest BCUT2D eigenvalue weighted by atomic mass is 9.98. The number of aliphatic hydroxyl groups is 1. The van der Waals surface area contributed by atoms with Gasteiger partial charge in [-0.05, 0) is 61.2 Å². The Morgan fingerprint density at radius 1 is 0.964 bits per heavy atom. The van der Waals surface area contributed by atoms with Crippen LogP contribution >= 0.6 is 0 Å². The molecule has 1 N–H and O–H groups in total. The standard InChI is InChI=1S/C24H30N2O2/c1-2-23(27)20-10-6-18(7-11-20)19-8-12-21(13-9-19)24(28)26-16-22(17-26)25-14-4-3-5-15-25/h6-13,22-23,27H,2-5,14-17H2,1H3/t23-/m1/s1. The quantitative estimate of drug-likeness (QED) is 0.852. The summed E-state index contributed by atoms with van der Waals surface area (Å²) in [6.45, 7) is 6.08. The van der Waals surface area contributed by atoms with Crippen LogP contribution < -0.4 is 0 Å². The van der Waals surface area contributed by atoms with Crippen LogP contribution in [0.3, 0.4) is 0 Å². The van der Waals surface area contributed by atoms with Crippen molar-refractivity contribution in [3.8, 4) is 11.1 Å². The third-order valence-corrected chi connectivity index (χ3v) is 6.20. The molecule has 4 rings (SSSR count). The summed E-state index contributed by atoms with van der Waals surface area (Å²) in [7, 11) is 0. The highest BCUT2D eigenvalue weighted by molar-refractivity contribution is 5.95. The largest absolute Gasteiger partial charge is 0.388 e. The molecule has 2 saturated heterocycles. The van der Waals surface area contributed by atoms with Gasteiger partial charge in [0.25, 0.3) is 5.91 Å². The van der Waals surface area contributed by atoms with Gasteiger partial charge in [-0.15, -0.1) is 0 Å². The molecule has 1 atom stereocenters. The molecule has 2 aromatic carbocycles. The molecule has 148 valence electrons. The Morgan fingerprint density at radius 3 is 2.11 bits per heavy atom. The van der Waals surface area contributed by atoms with Crippen molar-refractivity contribution in [2.45, 2.75) is 44.8 Å². The van der Waals surface area contributed by atoms with Crippen LogP contribution in [0.25, 0.3) is 11.1 Å². The summed E-state index contributed by atoms with van der Waals surface area (Å²) in [5.74, 6) is 0.140. The van der Waals surface area contributed by atoms with Crippen LogP contribution in [0.2, 0.25) is 0 Å². The fraction of sp³-hybridized carbons (Fsp3) is 0.458. The van der Waals surface area contributed by atoms with E-state index >= 15 is 0 Å². The van der Waals surface area contributed by atoms with Crippen LogP contribution in [0.15, 0.2) is 48.5 Å². The number of hydrogen-bond acceptors (Lipinski definition) is 3. The third-order valence-electron chi connectivity index (χ3n) is 6.20. The Bertz CT molecular complexity index is 788. The normalized spacial score (nSPS) is 19.3. The SMILES string of the molecule is CC[C@@H](O)c1ccc(-c2ccc(C(=O)N3CC(N4CCCCC4)C3)cc2)cc1. The Hall–Kier alpha value is -2.17. The highest BCUT2D eigenvalue weighted by Gasteiger charge is 2.35. The average molecular weight is 379 g/mol. The van der Waals surface area contributed by atoms with Gasteiger partial charge in [-0.2, -0.15) is 0 Å². The monoisotopic (exact) mass is 378 g/mol. The molecular weight excluding hydrogens is 348 g/mol. The van der Waals surface area contributed by atoms with E-state index in [1.807, 2.05) is 60.4 Å². The molecule has 0 aliphatic carbocycles. The first-order chi connectivity index (χ1) is 13.7. The molecule has 2 aliphatic heterocycles. The van der Waals surface area contributed by atoms with E-state index in [4.69, 9.17) is 0 Å². The van der Waals surface area contributed by atoms with Crippen LogP contribution in [0, 0.1) is 0 Å². The summed E-state index contributed by atoms with van der Waals surface area (Å²) in [6, 6.07) is 16.5. The first kappa shape index (κ1) is 19.2. The highest BCUT2D eigenvalue weighted by atomic mass is 16.3. The van der Waals surface area contributed by atoms with Crippen molar-refractivity contribution < 1.29 is 9.90 Å². The number of carbonyl (C=O) groups excluding carboxylic acids is 1. The van der Waals surface area contributed by atoms with Crippen molar-refractivity contribution in [2.75, 3.05) is 26.2 Å². The van der Waals surface area contributed by atoms with E-state index in [2.05, 4.69) is 4.90 Å². The van der Waals surface area contributed by atoms with Crippen molar-refractivity contribution >= 4 is 5.91 Å². The van der Waals surface area contributed by atoms with E-state index in [-0.39, 0.29) is 5.91 Å². The first-order valence-electron chi connectivity index (χ1n) is 10.6. The number of hydrogen-bond donors (Lipinski definition) is 1. The van der Waals surface area contributed by atoms with Crippen molar-refractivity contribution in [1.29, 1.82) is 0 Å². The molecule has 0 spiro atoms. The van der Waals surface area contributed by atoms with Gasteiger partial charge < -0.3 is 10.0 Å². The maximum Gasteiger partial charge on any atom is 0.253 e. The molecule has 1 amide bonds. The van der Waals surface area contributed by atoms with E-state index in [1.54, 1.807) is 0 Å². The number of nitrogens with zero attached hydrogens (tertiary/aromatic N) is 2. The van der Waals surface area contributed by atoms with Gasteiger partial charge in [0.15, 0.2) is 0 Å². The van der Waals surface area contributed by atoms with Gasteiger partial charge in [0.1, 0.15) is 0 Å². The second kappa shape index (κ2) is 8.46. The topological polar surface area (TPSA) is 43.8 Å². The first-order valence-corrected chi connectivity index (χ1v) is 10.6. The highest BCUT2D eigenvalue weighted by Crippen LogP contribution is 2.25. The summed E-state index contributed by atoms with van der Waals surface area (Å²) in [4.78, 5) is 17.3. The molecule has 2 heterocycles. The van der Waals surface area contributed by atoms with Crippen molar-refractivity contribution in [3.05, 3.63) is 59.7 Å². The molecule has 4 heteroatoms. The Morgan fingerprint density at radius 2 is 1.54 bits per heavy atom. The molecule has 0 aromatic heterocycles. The van der Waals surface area contributed by atoms with E-state index < -0.39 is 6.10 Å². The van der Waals surface area contributed by atoms with E-state index in [1.165, 1.54) is 32.4 Å². The fourth-order valence-corrected chi connectivity index (χ4v) is 4.26. The van der Waals surface area contributed by atoms with Crippen molar-refractivity contribution in [3.63, 3.8) is 0 Å². The maximum absolute atomic E-state index is 12.7. The lowest BCUT2D eigenvalue weighted by molar-refractivity contribution is 0.0203. The Labute approximate surface area is 167 Å². The predicted molar refractivity (Wildman–Crippen MR) is 112 cm³/mol. The minimum Gasteiger partial charge on any atom is -0.388 e. The number of carbonyl (C=O) groups is 1. The second-order valence-corrected chi connectivity index (χ2v) is 8.08. The van der Waals surface area contributed by atoms with Gasteiger partial charge in [-0.25, -0.2) is 0 Å². The predicted octanol–water partition coefficient (Wildman–Crippen LogP) is 4.11. The molecule has 28 heavy (non-hydrogen) atoms. The van der Waals surface area contributed by atoms with Crippen molar-refractivity contribution in [1.82, 2.24) is 9.80 Å². The summed E-state index contributed by atoms with van der Waals surface area (Å²) < 4.78 is 0. The zero-order chi connectivity index (χ0) is 19.5. The van der Waals surface area contributed by atoms with Crippen LogP contribution in [-0.4, -0.2) is 53.0 Å². The van der Waals surface area contributed by atoms with Crippen molar-refractivity contribution in [2.24, 2.45) is 0 Å². The molecule has 2 aliphatic rings. The van der Waals surface area contributed by atoms with Crippen LogP contribution in [0.4, 0.5) is 0 Å². The van der Waals surface area contributed by atoms with Crippen LogP contribution in [0.5, 0.6) is 0 Å². The van der Waals surface area contributed by atoms with Crippen LogP contribution in [0.1, 0.15) is 54.6 Å². The van der Waals surface area contributed by atoms with Gasteiger partial charge in [0.05, 0.1) is 6.10 Å². The minimum absolute atomic E-state index is 0.140.